The molecule has 24 heavy (non-hydrogen) atoms. The summed E-state index contributed by atoms with van der Waals surface area (Å²) < 4.78 is 5.61. The van der Waals surface area contributed by atoms with E-state index in [9.17, 15) is 4.79 Å². The van der Waals surface area contributed by atoms with Crippen LogP contribution in [0.1, 0.15) is 36.1 Å². The van der Waals surface area contributed by atoms with Crippen molar-refractivity contribution in [2.24, 2.45) is 0 Å². The van der Waals surface area contributed by atoms with Crippen molar-refractivity contribution in [2.75, 3.05) is 0 Å². The topological polar surface area (TPSA) is 38.3 Å². The minimum atomic E-state index is -0.0978. The number of benzene rings is 2. The zero-order valence-corrected chi connectivity index (χ0v) is 14.6. The van der Waals surface area contributed by atoms with Crippen molar-refractivity contribution in [2.45, 2.75) is 40.0 Å². The normalized spacial score (nSPS) is 11.2. The van der Waals surface area contributed by atoms with Gasteiger partial charge < -0.3 is 10.1 Å². The van der Waals surface area contributed by atoms with E-state index in [0.717, 1.165) is 16.7 Å². The Morgan fingerprint density at radius 3 is 2.54 bits per heavy atom. The van der Waals surface area contributed by atoms with Gasteiger partial charge in [-0.3, -0.25) is 4.79 Å². The molecule has 0 fully saturated rings. The smallest absolute Gasteiger partial charge is 0.244 e. The summed E-state index contributed by atoms with van der Waals surface area (Å²) in [5, 5.41) is 2.91. The maximum Gasteiger partial charge on any atom is 0.244 e. The van der Waals surface area contributed by atoms with E-state index in [0.29, 0.717) is 13.2 Å². The van der Waals surface area contributed by atoms with Crippen LogP contribution >= 0.6 is 0 Å². The van der Waals surface area contributed by atoms with Crippen molar-refractivity contribution >= 4 is 12.0 Å². The molecule has 0 heterocycles. The van der Waals surface area contributed by atoms with E-state index in [-0.39, 0.29) is 12.0 Å². The van der Waals surface area contributed by atoms with Gasteiger partial charge in [-0.1, -0.05) is 54.1 Å². The summed E-state index contributed by atoms with van der Waals surface area (Å²) in [6, 6.07) is 16.1. The summed E-state index contributed by atoms with van der Waals surface area (Å²) in [5.74, 6) is -0.0978. The molecule has 1 amide bonds. The first-order chi connectivity index (χ1) is 11.5. The van der Waals surface area contributed by atoms with Gasteiger partial charge in [0.25, 0.3) is 0 Å². The Balaban J connectivity index is 1.85. The average Bonchev–Trinajstić information content (AvgIpc) is 2.58. The molecule has 2 aromatic rings. The van der Waals surface area contributed by atoms with Gasteiger partial charge >= 0.3 is 0 Å². The lowest BCUT2D eigenvalue weighted by molar-refractivity contribution is -0.116. The van der Waals surface area contributed by atoms with Crippen molar-refractivity contribution in [3.8, 4) is 0 Å². The van der Waals surface area contributed by atoms with Gasteiger partial charge in [0, 0.05) is 12.6 Å². The Morgan fingerprint density at radius 1 is 1.12 bits per heavy atom. The Bertz CT molecular complexity index is 687. The number of ether oxygens (including phenoxy) is 1. The fraction of sp³-hybridized carbons (Fsp3) is 0.286. The number of nitrogens with one attached hydrogen (secondary N) is 1. The van der Waals surface area contributed by atoms with E-state index >= 15 is 0 Å². The summed E-state index contributed by atoms with van der Waals surface area (Å²) in [6.07, 6.45) is 3.60. The fourth-order valence-corrected chi connectivity index (χ4v) is 2.19. The number of rotatable bonds is 7. The molecule has 0 saturated carbocycles. The number of carbonyl (C=O) groups excluding carboxylic acids is 1. The highest BCUT2D eigenvalue weighted by Gasteiger charge is 2.00. The number of aryl methyl sites for hydroxylation is 1. The third-order valence-corrected chi connectivity index (χ3v) is 3.55. The molecule has 0 saturated heterocycles. The van der Waals surface area contributed by atoms with Crippen LogP contribution in [-0.4, -0.2) is 12.0 Å². The Kier molecular flexibility index (Phi) is 6.76. The lowest BCUT2D eigenvalue weighted by Crippen LogP contribution is -2.20. The van der Waals surface area contributed by atoms with Crippen LogP contribution in [0.3, 0.4) is 0 Å². The maximum absolute atomic E-state index is 11.9. The molecule has 2 rings (SSSR count). The standard InChI is InChI=1S/C21H25NO2/c1-16(2)24-15-20-6-4-5-19(13-20)14-22-21(23)12-11-18-9-7-17(3)8-10-18/h4-13,16H,14-15H2,1-3H3,(H,22,23). The first-order valence-corrected chi connectivity index (χ1v) is 8.25. The number of hydrogen-bond acceptors (Lipinski definition) is 2. The van der Waals surface area contributed by atoms with Crippen LogP contribution in [0.4, 0.5) is 0 Å². The number of hydrogen-bond donors (Lipinski definition) is 1. The molecule has 0 unspecified atom stereocenters. The molecular weight excluding hydrogens is 298 g/mol. The lowest BCUT2D eigenvalue weighted by Gasteiger charge is -2.09. The van der Waals surface area contributed by atoms with E-state index in [1.165, 1.54) is 5.56 Å². The van der Waals surface area contributed by atoms with Crippen LogP contribution < -0.4 is 5.32 Å². The minimum absolute atomic E-state index is 0.0978. The Labute approximate surface area is 144 Å². The molecule has 0 radical (unpaired) electrons. The zero-order chi connectivity index (χ0) is 17.4. The van der Waals surface area contributed by atoms with Crippen LogP contribution in [0, 0.1) is 6.92 Å². The Hall–Kier alpha value is -2.39. The van der Waals surface area contributed by atoms with E-state index in [2.05, 4.69) is 11.4 Å². The molecule has 0 bridgehead atoms. The van der Waals surface area contributed by atoms with Crippen molar-refractivity contribution in [1.82, 2.24) is 5.32 Å². The molecule has 126 valence electrons. The summed E-state index contributed by atoms with van der Waals surface area (Å²) in [4.78, 5) is 11.9. The molecule has 2 aromatic carbocycles. The van der Waals surface area contributed by atoms with Gasteiger partial charge in [0.15, 0.2) is 0 Å². The van der Waals surface area contributed by atoms with Crippen molar-refractivity contribution < 1.29 is 9.53 Å². The maximum atomic E-state index is 11.9. The van der Waals surface area contributed by atoms with Crippen molar-refractivity contribution in [1.29, 1.82) is 0 Å². The van der Waals surface area contributed by atoms with Crippen LogP contribution in [-0.2, 0) is 22.7 Å². The van der Waals surface area contributed by atoms with Crippen LogP contribution in [0.2, 0.25) is 0 Å². The first kappa shape index (κ1) is 18.0. The first-order valence-electron chi connectivity index (χ1n) is 8.25. The predicted molar refractivity (Wildman–Crippen MR) is 98.4 cm³/mol. The summed E-state index contributed by atoms with van der Waals surface area (Å²) in [6.45, 7) is 7.18. The third-order valence-electron chi connectivity index (χ3n) is 3.55. The largest absolute Gasteiger partial charge is 0.374 e. The molecule has 1 N–H and O–H groups in total. The van der Waals surface area contributed by atoms with Crippen LogP contribution in [0.15, 0.2) is 54.6 Å². The monoisotopic (exact) mass is 323 g/mol. The van der Waals surface area contributed by atoms with Crippen LogP contribution in [0.25, 0.3) is 6.08 Å². The van der Waals surface area contributed by atoms with Gasteiger partial charge in [0.2, 0.25) is 5.91 Å². The zero-order valence-electron chi connectivity index (χ0n) is 14.6. The fourth-order valence-electron chi connectivity index (χ4n) is 2.19. The van der Waals surface area contributed by atoms with E-state index in [1.807, 2.05) is 69.3 Å². The second-order valence-electron chi connectivity index (χ2n) is 6.14. The molecule has 0 spiro atoms. The highest BCUT2D eigenvalue weighted by molar-refractivity contribution is 5.91. The third kappa shape index (κ3) is 6.39. The molecule has 0 aliphatic heterocycles. The van der Waals surface area contributed by atoms with E-state index in [4.69, 9.17) is 4.74 Å². The SMILES string of the molecule is Cc1ccc(C=CC(=O)NCc2cccc(COC(C)C)c2)cc1. The van der Waals surface area contributed by atoms with Gasteiger partial charge in [-0.15, -0.1) is 0 Å². The summed E-state index contributed by atoms with van der Waals surface area (Å²) >= 11 is 0. The highest BCUT2D eigenvalue weighted by Crippen LogP contribution is 2.08. The summed E-state index contributed by atoms with van der Waals surface area (Å²) in [5.41, 5.74) is 4.41. The van der Waals surface area contributed by atoms with Gasteiger partial charge in [-0.05, 0) is 43.5 Å². The minimum Gasteiger partial charge on any atom is -0.374 e. The van der Waals surface area contributed by atoms with Gasteiger partial charge in [-0.2, -0.15) is 0 Å². The summed E-state index contributed by atoms with van der Waals surface area (Å²) in [7, 11) is 0. The lowest BCUT2D eigenvalue weighted by atomic mass is 10.1. The quantitative estimate of drug-likeness (QED) is 0.774. The second kappa shape index (κ2) is 9.04. The molecule has 0 aromatic heterocycles. The van der Waals surface area contributed by atoms with Crippen molar-refractivity contribution in [3.63, 3.8) is 0 Å². The van der Waals surface area contributed by atoms with Gasteiger partial charge in [0.05, 0.1) is 12.7 Å². The molecule has 3 heteroatoms. The molecule has 3 nitrogen and oxygen atoms in total. The highest BCUT2D eigenvalue weighted by atomic mass is 16.5. The van der Waals surface area contributed by atoms with Gasteiger partial charge in [-0.25, -0.2) is 0 Å². The second-order valence-corrected chi connectivity index (χ2v) is 6.14. The van der Waals surface area contributed by atoms with E-state index in [1.54, 1.807) is 6.08 Å². The molecular formula is C21H25NO2. The Morgan fingerprint density at radius 2 is 1.83 bits per heavy atom. The molecule has 0 aliphatic rings. The number of amides is 1. The van der Waals surface area contributed by atoms with Gasteiger partial charge in [0.1, 0.15) is 0 Å². The number of carbonyl (C=O) groups is 1. The molecule has 0 aliphatic carbocycles. The predicted octanol–water partition coefficient (Wildman–Crippen LogP) is 4.25. The van der Waals surface area contributed by atoms with Crippen molar-refractivity contribution in [3.05, 3.63) is 76.9 Å². The molecule has 0 atom stereocenters. The van der Waals surface area contributed by atoms with E-state index < -0.39 is 0 Å². The van der Waals surface area contributed by atoms with Crippen LogP contribution in [0.5, 0.6) is 0 Å². The average molecular weight is 323 g/mol.